The Kier molecular flexibility index (Phi) is 42.3. The summed E-state index contributed by atoms with van der Waals surface area (Å²) in [5.74, 6) is 0. The highest BCUT2D eigenvalue weighted by molar-refractivity contribution is 5.60. The summed E-state index contributed by atoms with van der Waals surface area (Å²) >= 11 is 0. The number of rotatable bonds is 41. The van der Waals surface area contributed by atoms with E-state index >= 15 is 0 Å². The van der Waals surface area contributed by atoms with Gasteiger partial charge in [-0.15, -0.1) is 0 Å². The Morgan fingerprint density at radius 2 is 0.944 bits per heavy atom. The molecule has 0 unspecified atom stereocenters. The van der Waals surface area contributed by atoms with Gasteiger partial charge >= 0.3 is 6.16 Å². The Morgan fingerprint density at radius 1 is 0.519 bits per heavy atom. The van der Waals surface area contributed by atoms with Gasteiger partial charge in [-0.05, 0) is 130 Å². The van der Waals surface area contributed by atoms with Gasteiger partial charge in [0.1, 0.15) is 6.10 Å². The largest absolute Gasteiger partial charge is 0.508 e. The maximum Gasteiger partial charge on any atom is 0.508 e. The van der Waals surface area contributed by atoms with E-state index in [1.54, 1.807) is 0 Å². The number of carbonyl (C=O) groups excluding carboxylic acids is 1. The Bertz CT molecular complexity index is 836. The third-order valence-electron chi connectivity index (χ3n) is 10.1. The molecule has 0 spiro atoms. The Balaban J connectivity index is 4.37. The molecular weight excluding hydrogens is 669 g/mol. The first-order valence-corrected chi connectivity index (χ1v) is 22.9. The molecule has 0 aliphatic rings. The molecule has 0 amide bonds. The van der Waals surface area contributed by atoms with Gasteiger partial charge in [-0.3, -0.25) is 0 Å². The summed E-state index contributed by atoms with van der Waals surface area (Å²) in [6.07, 6.45) is 51.4. The number of allylic oxidation sites excluding steroid dienone is 8. The van der Waals surface area contributed by atoms with Crippen molar-refractivity contribution in [1.82, 2.24) is 9.80 Å². The number of carbonyl (C=O) groups is 1. The number of unbranched alkanes of at least 4 members (excludes halogenated alkanes) is 18. The van der Waals surface area contributed by atoms with Crippen LogP contribution in [0.1, 0.15) is 194 Å². The lowest BCUT2D eigenvalue weighted by Gasteiger charge is -2.22. The van der Waals surface area contributed by atoms with Crippen LogP contribution in [-0.2, 0) is 9.47 Å². The van der Waals surface area contributed by atoms with Crippen LogP contribution in [-0.4, -0.2) is 80.7 Å². The fraction of sp³-hybridized carbons (Fsp3) is 0.812. The van der Waals surface area contributed by atoms with Crippen LogP contribution in [0.2, 0.25) is 0 Å². The van der Waals surface area contributed by atoms with Gasteiger partial charge in [0, 0.05) is 13.1 Å². The number of nitrogens with zero attached hydrogens (tertiary/aromatic N) is 2. The summed E-state index contributed by atoms with van der Waals surface area (Å²) in [6.45, 7) is 8.45. The summed E-state index contributed by atoms with van der Waals surface area (Å²) in [7, 11) is 4.16. The second kappa shape index (κ2) is 43.8. The molecule has 6 nitrogen and oxygen atoms in total. The lowest BCUT2D eigenvalue weighted by Crippen LogP contribution is -2.31. The molecule has 0 aliphatic carbocycles. The van der Waals surface area contributed by atoms with Crippen molar-refractivity contribution in [3.8, 4) is 0 Å². The van der Waals surface area contributed by atoms with E-state index in [0.717, 1.165) is 71.0 Å². The van der Waals surface area contributed by atoms with Crippen LogP contribution in [0.4, 0.5) is 4.79 Å². The molecule has 6 heteroatoms. The minimum absolute atomic E-state index is 0.0499. The fourth-order valence-electron chi connectivity index (χ4n) is 6.68. The predicted molar refractivity (Wildman–Crippen MR) is 235 cm³/mol. The first-order valence-electron chi connectivity index (χ1n) is 22.9. The molecule has 0 heterocycles. The Hall–Kier alpha value is -1.89. The highest BCUT2D eigenvalue weighted by Gasteiger charge is 2.16. The maximum atomic E-state index is 12.7. The lowest BCUT2D eigenvalue weighted by molar-refractivity contribution is 0.0143. The van der Waals surface area contributed by atoms with E-state index in [2.05, 4.69) is 86.4 Å². The molecule has 0 fully saturated rings. The van der Waals surface area contributed by atoms with Gasteiger partial charge in [0.05, 0.1) is 13.2 Å². The van der Waals surface area contributed by atoms with Crippen molar-refractivity contribution >= 4 is 6.16 Å². The standard InChI is InChI=1S/C48H90N2O4/c1-5-7-9-11-13-15-17-19-21-23-25-27-29-31-33-35-39-47(54-48(52)53-46-38-43-50(44-45-51)42-37-41-49(3)4)40-36-34-32-30-28-26-24-22-20-18-16-14-12-10-8-6-2/h13-16,19-22,47,51H,5-12,17-18,23-46H2,1-4H3/b15-13-,16-14-,21-19-,22-20-. The fourth-order valence-corrected chi connectivity index (χ4v) is 6.68. The molecule has 0 aliphatic heterocycles. The summed E-state index contributed by atoms with van der Waals surface area (Å²) in [5.41, 5.74) is 0. The van der Waals surface area contributed by atoms with Crippen molar-refractivity contribution in [2.75, 3.05) is 53.5 Å². The molecule has 0 saturated heterocycles. The van der Waals surface area contributed by atoms with Gasteiger partial charge in [0.25, 0.3) is 0 Å². The van der Waals surface area contributed by atoms with Crippen LogP contribution in [0, 0.1) is 0 Å². The lowest BCUT2D eigenvalue weighted by atomic mass is 10.0. The van der Waals surface area contributed by atoms with Gasteiger partial charge in [-0.1, -0.05) is 140 Å². The zero-order valence-electron chi connectivity index (χ0n) is 36.3. The third-order valence-corrected chi connectivity index (χ3v) is 10.1. The summed E-state index contributed by atoms with van der Waals surface area (Å²) in [6, 6.07) is 0. The second-order valence-corrected chi connectivity index (χ2v) is 15.7. The van der Waals surface area contributed by atoms with E-state index < -0.39 is 6.16 Å². The Labute approximate surface area is 336 Å². The van der Waals surface area contributed by atoms with E-state index in [9.17, 15) is 9.90 Å². The number of ether oxygens (including phenoxy) is 2. The third kappa shape index (κ3) is 41.3. The van der Waals surface area contributed by atoms with Gasteiger partial charge in [0.2, 0.25) is 0 Å². The van der Waals surface area contributed by atoms with Crippen LogP contribution in [0.25, 0.3) is 0 Å². The summed E-state index contributed by atoms with van der Waals surface area (Å²) < 4.78 is 11.4. The smallest absolute Gasteiger partial charge is 0.434 e. The molecule has 0 aromatic rings. The molecule has 0 rings (SSSR count). The molecule has 1 N–H and O–H groups in total. The van der Waals surface area contributed by atoms with E-state index in [-0.39, 0.29) is 12.7 Å². The number of hydrogen-bond donors (Lipinski definition) is 1. The van der Waals surface area contributed by atoms with Crippen LogP contribution < -0.4 is 0 Å². The molecular formula is C48H90N2O4. The average molecular weight is 759 g/mol. The highest BCUT2D eigenvalue weighted by Crippen LogP contribution is 2.18. The number of aliphatic hydroxyl groups is 1. The molecule has 0 radical (unpaired) electrons. The van der Waals surface area contributed by atoms with Crippen molar-refractivity contribution in [2.45, 2.75) is 200 Å². The molecule has 316 valence electrons. The monoisotopic (exact) mass is 759 g/mol. The van der Waals surface area contributed by atoms with Crippen molar-refractivity contribution < 1.29 is 19.4 Å². The SMILES string of the molecule is CCCCC/C=C\C/C=C\CCCCCCCCC(CCCCCCCC/C=C\C/C=C\CCCCC)OC(=O)OCCCN(CCO)CCCN(C)C. The molecule has 0 saturated carbocycles. The topological polar surface area (TPSA) is 62.2 Å². The zero-order chi connectivity index (χ0) is 39.4. The zero-order valence-corrected chi connectivity index (χ0v) is 36.3. The van der Waals surface area contributed by atoms with Gasteiger partial charge in [-0.2, -0.15) is 0 Å². The van der Waals surface area contributed by atoms with Crippen molar-refractivity contribution in [1.29, 1.82) is 0 Å². The second-order valence-electron chi connectivity index (χ2n) is 15.7. The van der Waals surface area contributed by atoms with Crippen LogP contribution >= 0.6 is 0 Å². The summed E-state index contributed by atoms with van der Waals surface area (Å²) in [4.78, 5) is 17.1. The van der Waals surface area contributed by atoms with Gasteiger partial charge in [-0.25, -0.2) is 4.79 Å². The number of hydrogen-bond acceptors (Lipinski definition) is 6. The van der Waals surface area contributed by atoms with E-state index in [0.29, 0.717) is 13.2 Å². The maximum absolute atomic E-state index is 12.7. The average Bonchev–Trinajstić information content (AvgIpc) is 3.15. The van der Waals surface area contributed by atoms with E-state index in [4.69, 9.17) is 9.47 Å². The number of aliphatic hydroxyl groups excluding tert-OH is 1. The minimum atomic E-state index is -0.513. The first-order chi connectivity index (χ1) is 26.5. The highest BCUT2D eigenvalue weighted by atomic mass is 16.7. The molecule has 54 heavy (non-hydrogen) atoms. The van der Waals surface area contributed by atoms with Crippen molar-refractivity contribution in [3.05, 3.63) is 48.6 Å². The predicted octanol–water partition coefficient (Wildman–Crippen LogP) is 13.6. The Morgan fingerprint density at radius 3 is 1.39 bits per heavy atom. The van der Waals surface area contributed by atoms with Crippen LogP contribution in [0.5, 0.6) is 0 Å². The molecule has 0 atom stereocenters. The minimum Gasteiger partial charge on any atom is -0.434 e. The van der Waals surface area contributed by atoms with Crippen LogP contribution in [0.15, 0.2) is 48.6 Å². The van der Waals surface area contributed by atoms with Crippen molar-refractivity contribution in [3.63, 3.8) is 0 Å². The molecule has 0 bridgehead atoms. The molecule has 0 aromatic heterocycles. The van der Waals surface area contributed by atoms with Crippen molar-refractivity contribution in [2.24, 2.45) is 0 Å². The summed E-state index contributed by atoms with van der Waals surface area (Å²) in [5, 5.41) is 9.44. The quantitative estimate of drug-likeness (QED) is 0.0381. The normalized spacial score (nSPS) is 12.4. The molecule has 0 aromatic carbocycles. The van der Waals surface area contributed by atoms with E-state index in [1.807, 2.05) is 0 Å². The van der Waals surface area contributed by atoms with Gasteiger partial charge in [0.15, 0.2) is 0 Å². The first kappa shape index (κ1) is 52.1. The van der Waals surface area contributed by atoms with Crippen LogP contribution in [0.3, 0.4) is 0 Å². The van der Waals surface area contributed by atoms with Gasteiger partial charge < -0.3 is 24.4 Å². The van der Waals surface area contributed by atoms with E-state index in [1.165, 1.54) is 128 Å².